The molecule has 1 aromatic heterocycles. The molecule has 2 fully saturated rings. The largest absolute Gasteiger partial charge is 0.434 e. The van der Waals surface area contributed by atoms with Gasteiger partial charge in [-0.2, -0.15) is 4.73 Å². The summed E-state index contributed by atoms with van der Waals surface area (Å²) in [5.41, 5.74) is 0.855. The van der Waals surface area contributed by atoms with Crippen molar-refractivity contribution in [1.82, 2.24) is 14.9 Å². The van der Waals surface area contributed by atoms with E-state index in [1.807, 2.05) is 20.8 Å². The summed E-state index contributed by atoms with van der Waals surface area (Å²) >= 11 is 6.53. The van der Waals surface area contributed by atoms with Crippen LogP contribution in [0.1, 0.15) is 68.9 Å². The molecule has 1 N–H and O–H groups in total. The summed E-state index contributed by atoms with van der Waals surface area (Å²) in [7, 11) is 0. The molecule has 1 aromatic carbocycles. The summed E-state index contributed by atoms with van der Waals surface area (Å²) in [5, 5.41) is 3.81. The fourth-order valence-corrected chi connectivity index (χ4v) is 4.79. The monoisotopic (exact) mass is 481 g/mol. The van der Waals surface area contributed by atoms with E-state index in [1.54, 1.807) is 23.1 Å². The highest BCUT2D eigenvalue weighted by Crippen LogP contribution is 2.38. The first-order valence-corrected chi connectivity index (χ1v) is 11.8. The normalized spacial score (nSPS) is 18.8. The predicted octanol–water partition coefficient (Wildman–Crippen LogP) is 5.40. The molecule has 1 saturated heterocycles. The Morgan fingerprint density at radius 1 is 1.21 bits per heavy atom. The minimum atomic E-state index is -2.61. The summed E-state index contributed by atoms with van der Waals surface area (Å²) in [6.07, 6.45) is 0.889. The molecule has 4 rings (SSSR count). The third-order valence-electron chi connectivity index (χ3n) is 6.51. The molecule has 0 atom stereocenters. The molecular formula is C24H30ClF2N3O3. The lowest BCUT2D eigenvalue weighted by Gasteiger charge is -2.31. The van der Waals surface area contributed by atoms with Crippen LogP contribution in [0.3, 0.4) is 0 Å². The van der Waals surface area contributed by atoms with Crippen LogP contribution < -0.4 is 10.2 Å². The Bertz CT molecular complexity index is 1060. The van der Waals surface area contributed by atoms with E-state index in [0.717, 1.165) is 6.42 Å². The minimum Gasteiger partial charge on any atom is -0.352 e. The molecule has 9 heteroatoms. The van der Waals surface area contributed by atoms with Crippen molar-refractivity contribution in [2.45, 2.75) is 64.2 Å². The van der Waals surface area contributed by atoms with Crippen LogP contribution in [-0.4, -0.2) is 47.2 Å². The molecule has 33 heavy (non-hydrogen) atoms. The predicted molar refractivity (Wildman–Crippen MR) is 123 cm³/mol. The summed E-state index contributed by atoms with van der Waals surface area (Å²) in [4.78, 5) is 33.5. The van der Waals surface area contributed by atoms with Gasteiger partial charge in [0, 0.05) is 43.3 Å². The number of likely N-dealkylation sites (tertiary alicyclic amines) is 1. The number of hydrogen-bond acceptors (Lipinski definition) is 3. The van der Waals surface area contributed by atoms with Gasteiger partial charge in [-0.05, 0) is 37.3 Å². The van der Waals surface area contributed by atoms with E-state index in [0.29, 0.717) is 59.7 Å². The molecular weight excluding hydrogens is 452 g/mol. The number of rotatable bonds is 4. The van der Waals surface area contributed by atoms with E-state index in [-0.39, 0.29) is 24.7 Å². The van der Waals surface area contributed by atoms with Gasteiger partial charge in [0.05, 0.1) is 21.8 Å². The van der Waals surface area contributed by atoms with Gasteiger partial charge in [0.15, 0.2) is 0 Å². The van der Waals surface area contributed by atoms with E-state index in [9.17, 15) is 18.4 Å². The first kappa shape index (κ1) is 23.8. The molecule has 180 valence electrons. The number of aromatic nitrogens is 1. The maximum absolute atomic E-state index is 13.5. The maximum Gasteiger partial charge on any atom is 0.434 e. The Balaban J connectivity index is 1.69. The Labute approximate surface area is 197 Å². The molecule has 1 aliphatic heterocycles. The second-order valence-electron chi connectivity index (χ2n) is 10.1. The summed E-state index contributed by atoms with van der Waals surface area (Å²) in [6, 6.07) is 5.20. The molecule has 1 saturated carbocycles. The lowest BCUT2D eigenvalue weighted by atomic mass is 9.86. The van der Waals surface area contributed by atoms with E-state index < -0.39 is 17.4 Å². The molecule has 6 nitrogen and oxygen atoms in total. The van der Waals surface area contributed by atoms with Crippen molar-refractivity contribution >= 4 is 34.5 Å². The molecule has 2 aliphatic rings. The number of carbonyl (C=O) groups excluding carboxylic acids is 2. The van der Waals surface area contributed by atoms with Crippen LogP contribution in [0.15, 0.2) is 18.2 Å². The highest BCUT2D eigenvalue weighted by atomic mass is 35.5. The second-order valence-corrected chi connectivity index (χ2v) is 10.5. The molecule has 2 amide bonds. The summed E-state index contributed by atoms with van der Waals surface area (Å²) in [5.74, 6) is -2.96. The number of amides is 2. The smallest absolute Gasteiger partial charge is 0.352 e. The molecule has 2 heterocycles. The highest BCUT2D eigenvalue weighted by Gasteiger charge is 2.37. The van der Waals surface area contributed by atoms with E-state index in [1.165, 1.54) is 4.73 Å². The number of fused-ring (bicyclic) bond motifs is 1. The average Bonchev–Trinajstić information content (AvgIpc) is 3.01. The zero-order chi connectivity index (χ0) is 24.0. The Morgan fingerprint density at radius 3 is 2.45 bits per heavy atom. The van der Waals surface area contributed by atoms with E-state index >= 15 is 0 Å². The lowest BCUT2D eigenvalue weighted by Crippen LogP contribution is -2.46. The van der Waals surface area contributed by atoms with Gasteiger partial charge in [-0.15, -0.1) is 0 Å². The van der Waals surface area contributed by atoms with Crippen molar-refractivity contribution in [3.8, 4) is 0 Å². The van der Waals surface area contributed by atoms with Crippen LogP contribution in [0, 0.1) is 5.92 Å². The van der Waals surface area contributed by atoms with Gasteiger partial charge in [-0.1, -0.05) is 38.4 Å². The first-order valence-electron chi connectivity index (χ1n) is 11.4. The number of alkyl halides is 2. The zero-order valence-corrected chi connectivity index (χ0v) is 20.0. The quantitative estimate of drug-likeness (QED) is 0.635. The van der Waals surface area contributed by atoms with Crippen LogP contribution >= 0.6 is 11.6 Å². The number of nitrogens with one attached hydrogen (secondary N) is 1. The molecule has 0 radical (unpaired) electrons. The van der Waals surface area contributed by atoms with Crippen LogP contribution in [0.25, 0.3) is 10.9 Å². The Hall–Kier alpha value is -2.35. The highest BCUT2D eigenvalue weighted by molar-refractivity contribution is 6.37. The van der Waals surface area contributed by atoms with Gasteiger partial charge < -0.3 is 15.1 Å². The van der Waals surface area contributed by atoms with Crippen molar-refractivity contribution < 1.29 is 23.2 Å². The van der Waals surface area contributed by atoms with E-state index in [2.05, 4.69) is 5.32 Å². The zero-order valence-electron chi connectivity index (χ0n) is 19.2. The number of hydrogen-bond donors (Lipinski definition) is 1. The van der Waals surface area contributed by atoms with Gasteiger partial charge in [0.1, 0.15) is 0 Å². The van der Waals surface area contributed by atoms with Crippen LogP contribution in [-0.2, 0) is 5.41 Å². The summed E-state index contributed by atoms with van der Waals surface area (Å²) in [6.45, 7) is 7.38. The van der Waals surface area contributed by atoms with Crippen LogP contribution in [0.4, 0.5) is 13.6 Å². The second kappa shape index (κ2) is 8.78. The molecule has 2 aromatic rings. The van der Waals surface area contributed by atoms with Crippen LogP contribution in [0.2, 0.25) is 5.02 Å². The number of benzene rings is 1. The van der Waals surface area contributed by atoms with Crippen molar-refractivity contribution in [3.63, 3.8) is 0 Å². The number of carbonyl (C=O) groups is 2. The Kier molecular flexibility index (Phi) is 6.33. The van der Waals surface area contributed by atoms with Gasteiger partial charge >= 0.3 is 6.09 Å². The fraction of sp³-hybridized carbons (Fsp3) is 0.583. The van der Waals surface area contributed by atoms with Crippen molar-refractivity contribution in [2.75, 3.05) is 19.6 Å². The number of halogens is 3. The van der Waals surface area contributed by atoms with Crippen molar-refractivity contribution in [3.05, 3.63) is 34.5 Å². The molecule has 0 spiro atoms. The van der Waals surface area contributed by atoms with Crippen LogP contribution in [0.5, 0.6) is 0 Å². The fourth-order valence-electron chi connectivity index (χ4n) is 4.53. The van der Waals surface area contributed by atoms with Gasteiger partial charge in [-0.3, -0.25) is 4.79 Å². The topological polar surface area (TPSA) is 63.6 Å². The van der Waals surface area contributed by atoms with E-state index in [4.69, 9.17) is 16.4 Å². The molecule has 1 aliphatic carbocycles. The Morgan fingerprint density at radius 2 is 1.88 bits per heavy atom. The summed E-state index contributed by atoms with van der Waals surface area (Å²) < 4.78 is 28.4. The SMILES string of the molecule is CC(C)(C)c1c(C(=O)NCC2CCC(F)(F)CC2)c2c(Cl)cccc2n1OC(=O)N1CCC1. The van der Waals surface area contributed by atoms with Gasteiger partial charge in [0.25, 0.3) is 5.91 Å². The average molecular weight is 482 g/mol. The third-order valence-corrected chi connectivity index (χ3v) is 6.82. The van der Waals surface area contributed by atoms with Crippen molar-refractivity contribution in [2.24, 2.45) is 5.92 Å². The standard InChI is InChI=1S/C24H30ClF2N3O3/c1-23(2,3)20-19(21(31)28-14-15-8-10-24(26,27)11-9-15)18-16(25)6-4-7-17(18)30(20)33-22(32)29-12-5-13-29/h4,6-7,15H,5,8-14H2,1-3H3,(H,28,31). The van der Waals surface area contributed by atoms with Gasteiger partial charge in [-0.25, -0.2) is 13.6 Å². The van der Waals surface area contributed by atoms with Crippen molar-refractivity contribution in [1.29, 1.82) is 0 Å². The lowest BCUT2D eigenvalue weighted by molar-refractivity contribution is -0.0452. The molecule has 0 bridgehead atoms. The minimum absolute atomic E-state index is 0.000252. The maximum atomic E-state index is 13.5. The number of nitrogens with zero attached hydrogens (tertiary/aromatic N) is 2. The third kappa shape index (κ3) is 4.81. The van der Waals surface area contributed by atoms with Gasteiger partial charge in [0.2, 0.25) is 5.92 Å². The molecule has 0 unspecified atom stereocenters. The first-order chi connectivity index (χ1) is 15.5.